The molecule has 2 aromatic heterocycles. The third kappa shape index (κ3) is 4.46. The molecular formula is C17H19ClN5O2+. The zero-order valence-electron chi connectivity index (χ0n) is 14.0. The number of quaternary nitrogens is 1. The average molecular weight is 361 g/mol. The van der Waals surface area contributed by atoms with Gasteiger partial charge in [0.25, 0.3) is 5.91 Å². The number of anilines is 1. The minimum atomic E-state index is -0.121. The Kier molecular flexibility index (Phi) is 5.16. The normalized spacial score (nSPS) is 12.1. The third-order valence-corrected chi connectivity index (χ3v) is 3.87. The fraction of sp³-hybridized carbons (Fsp3) is 0.235. The number of furan rings is 1. The van der Waals surface area contributed by atoms with E-state index in [0.717, 1.165) is 16.4 Å². The molecule has 0 aliphatic heterocycles. The number of rotatable bonds is 6. The second-order valence-corrected chi connectivity index (χ2v) is 6.31. The molecule has 130 valence electrons. The first kappa shape index (κ1) is 17.2. The largest absolute Gasteiger partial charge is 0.460 e. The Hall–Kier alpha value is -2.64. The van der Waals surface area contributed by atoms with Gasteiger partial charge >= 0.3 is 0 Å². The number of hydrogen-bond donors (Lipinski definition) is 2. The van der Waals surface area contributed by atoms with E-state index in [2.05, 4.69) is 15.4 Å². The van der Waals surface area contributed by atoms with Crippen LogP contribution < -0.4 is 10.2 Å². The molecule has 0 spiro atoms. The summed E-state index contributed by atoms with van der Waals surface area (Å²) in [5.41, 5.74) is 1.29. The minimum absolute atomic E-state index is 0.121. The quantitative estimate of drug-likeness (QED) is 0.698. The number of aryl methyl sites for hydroxylation is 1. The van der Waals surface area contributed by atoms with Crippen molar-refractivity contribution in [2.75, 3.05) is 18.9 Å². The van der Waals surface area contributed by atoms with E-state index in [-0.39, 0.29) is 5.91 Å². The molecule has 3 aromatic rings. The van der Waals surface area contributed by atoms with E-state index in [0.29, 0.717) is 29.5 Å². The lowest BCUT2D eigenvalue weighted by Crippen LogP contribution is -3.08. The molecule has 1 atom stereocenters. The van der Waals surface area contributed by atoms with E-state index in [4.69, 9.17) is 16.0 Å². The molecule has 0 aliphatic rings. The topological polar surface area (TPSA) is 77.4 Å². The number of benzene rings is 1. The monoisotopic (exact) mass is 360 g/mol. The number of nitrogens with zero attached hydrogens (tertiary/aromatic N) is 3. The number of hydrogen-bond acceptors (Lipinski definition) is 4. The van der Waals surface area contributed by atoms with Crippen molar-refractivity contribution in [1.82, 2.24) is 14.8 Å². The lowest BCUT2D eigenvalue weighted by molar-refractivity contribution is -0.886. The van der Waals surface area contributed by atoms with Gasteiger partial charge in [0.15, 0.2) is 12.3 Å². The fourth-order valence-corrected chi connectivity index (χ4v) is 2.72. The number of aromatic nitrogens is 3. The first-order valence-electron chi connectivity index (χ1n) is 7.82. The fourth-order valence-electron chi connectivity index (χ4n) is 2.55. The number of likely N-dealkylation sites (N-methyl/N-ethyl adjacent to an activating group) is 1. The first-order chi connectivity index (χ1) is 12.0. The van der Waals surface area contributed by atoms with Crippen molar-refractivity contribution in [2.24, 2.45) is 0 Å². The summed E-state index contributed by atoms with van der Waals surface area (Å²) in [5.74, 6) is 1.60. The van der Waals surface area contributed by atoms with E-state index in [9.17, 15) is 4.79 Å². The lowest BCUT2D eigenvalue weighted by Gasteiger charge is -2.14. The van der Waals surface area contributed by atoms with Crippen LogP contribution in [-0.2, 0) is 11.3 Å². The molecule has 0 saturated carbocycles. The highest BCUT2D eigenvalue weighted by Crippen LogP contribution is 2.23. The molecular weight excluding hydrogens is 342 g/mol. The summed E-state index contributed by atoms with van der Waals surface area (Å²) < 4.78 is 7.13. The summed E-state index contributed by atoms with van der Waals surface area (Å²) in [6.07, 6.45) is 3.00. The molecule has 0 aliphatic carbocycles. The summed E-state index contributed by atoms with van der Waals surface area (Å²) in [5, 5.41) is 7.53. The number of nitrogens with one attached hydrogen (secondary N) is 2. The number of carbonyl (C=O) groups excluding carboxylic acids is 1. The maximum atomic E-state index is 12.4. The molecule has 7 nitrogen and oxygen atoms in total. The SMILES string of the molecule is Cc1ccc(C[NH+](C)CC(=O)Nc2cc(Cl)ccc2-n2cncn2)o1. The van der Waals surface area contributed by atoms with E-state index in [1.165, 1.54) is 6.33 Å². The van der Waals surface area contributed by atoms with Crippen LogP contribution >= 0.6 is 11.6 Å². The van der Waals surface area contributed by atoms with Gasteiger partial charge in [-0.25, -0.2) is 9.67 Å². The third-order valence-electron chi connectivity index (χ3n) is 3.63. The highest BCUT2D eigenvalue weighted by Gasteiger charge is 2.15. The Morgan fingerprint density at radius 3 is 2.88 bits per heavy atom. The van der Waals surface area contributed by atoms with Gasteiger partial charge in [-0.05, 0) is 37.3 Å². The van der Waals surface area contributed by atoms with Gasteiger partial charge in [0.1, 0.15) is 25.0 Å². The van der Waals surface area contributed by atoms with Crippen LogP contribution in [0.4, 0.5) is 5.69 Å². The summed E-state index contributed by atoms with van der Waals surface area (Å²) in [6, 6.07) is 9.07. The van der Waals surface area contributed by atoms with Gasteiger partial charge in [0.05, 0.1) is 18.4 Å². The lowest BCUT2D eigenvalue weighted by atomic mass is 10.2. The zero-order chi connectivity index (χ0) is 17.8. The van der Waals surface area contributed by atoms with Gasteiger partial charge in [0.2, 0.25) is 0 Å². The van der Waals surface area contributed by atoms with Crippen molar-refractivity contribution in [3.8, 4) is 5.69 Å². The maximum Gasteiger partial charge on any atom is 0.279 e. The molecule has 0 bridgehead atoms. The predicted molar refractivity (Wildman–Crippen MR) is 93.9 cm³/mol. The predicted octanol–water partition coefficient (Wildman–Crippen LogP) is 1.48. The highest BCUT2D eigenvalue weighted by atomic mass is 35.5. The van der Waals surface area contributed by atoms with E-state index in [1.54, 1.807) is 29.2 Å². The van der Waals surface area contributed by atoms with Crippen LogP contribution in [0.2, 0.25) is 5.02 Å². The highest BCUT2D eigenvalue weighted by molar-refractivity contribution is 6.31. The molecule has 2 heterocycles. The summed E-state index contributed by atoms with van der Waals surface area (Å²) >= 11 is 6.06. The minimum Gasteiger partial charge on any atom is -0.460 e. The van der Waals surface area contributed by atoms with Crippen LogP contribution in [0, 0.1) is 6.92 Å². The molecule has 0 saturated heterocycles. The Bertz CT molecular complexity index is 860. The van der Waals surface area contributed by atoms with Crippen molar-refractivity contribution in [3.63, 3.8) is 0 Å². The van der Waals surface area contributed by atoms with Gasteiger partial charge in [-0.2, -0.15) is 5.10 Å². The number of halogens is 1. The van der Waals surface area contributed by atoms with Crippen molar-refractivity contribution >= 4 is 23.2 Å². The average Bonchev–Trinajstić information content (AvgIpc) is 3.19. The van der Waals surface area contributed by atoms with Crippen LogP contribution in [0.1, 0.15) is 11.5 Å². The Labute approximate surface area is 150 Å². The zero-order valence-corrected chi connectivity index (χ0v) is 14.7. The van der Waals surface area contributed by atoms with E-state index < -0.39 is 0 Å². The molecule has 0 fully saturated rings. The molecule has 1 aromatic carbocycles. The molecule has 1 unspecified atom stereocenters. The standard InChI is InChI=1S/C17H18ClN5O2/c1-12-3-5-14(25-12)8-22(2)9-17(24)21-15-7-13(18)4-6-16(15)23-11-19-10-20-23/h3-7,10-11H,8-9H2,1-2H3,(H,21,24)/p+1. The van der Waals surface area contributed by atoms with Gasteiger partial charge in [-0.1, -0.05) is 11.6 Å². The summed E-state index contributed by atoms with van der Waals surface area (Å²) in [6.45, 7) is 2.83. The molecule has 2 N–H and O–H groups in total. The van der Waals surface area contributed by atoms with Crippen molar-refractivity contribution in [3.05, 3.63) is 59.5 Å². The van der Waals surface area contributed by atoms with Crippen LogP contribution in [0.25, 0.3) is 5.69 Å². The van der Waals surface area contributed by atoms with Crippen molar-refractivity contribution in [1.29, 1.82) is 0 Å². The number of amides is 1. The second-order valence-electron chi connectivity index (χ2n) is 5.87. The van der Waals surface area contributed by atoms with E-state index >= 15 is 0 Å². The molecule has 1 amide bonds. The van der Waals surface area contributed by atoms with Crippen LogP contribution in [0.15, 0.2) is 47.4 Å². The Balaban J connectivity index is 1.67. The molecule has 25 heavy (non-hydrogen) atoms. The molecule has 0 radical (unpaired) electrons. The van der Waals surface area contributed by atoms with Crippen molar-refractivity contribution in [2.45, 2.75) is 13.5 Å². The maximum absolute atomic E-state index is 12.4. The van der Waals surface area contributed by atoms with Gasteiger partial charge in [-0.15, -0.1) is 0 Å². The van der Waals surface area contributed by atoms with Crippen LogP contribution in [0.5, 0.6) is 0 Å². The summed E-state index contributed by atoms with van der Waals surface area (Å²) in [4.78, 5) is 17.3. The summed E-state index contributed by atoms with van der Waals surface area (Å²) in [7, 11) is 1.94. The first-order valence-corrected chi connectivity index (χ1v) is 8.20. The van der Waals surface area contributed by atoms with Crippen molar-refractivity contribution < 1.29 is 14.1 Å². The Morgan fingerprint density at radius 1 is 1.36 bits per heavy atom. The van der Waals surface area contributed by atoms with E-state index in [1.807, 2.05) is 26.1 Å². The van der Waals surface area contributed by atoms with Gasteiger partial charge in [-0.3, -0.25) is 4.79 Å². The van der Waals surface area contributed by atoms with Gasteiger partial charge in [0, 0.05) is 5.02 Å². The molecule has 3 rings (SSSR count). The van der Waals surface area contributed by atoms with Crippen LogP contribution in [-0.4, -0.2) is 34.3 Å². The smallest absolute Gasteiger partial charge is 0.279 e. The van der Waals surface area contributed by atoms with Gasteiger partial charge < -0.3 is 14.6 Å². The Morgan fingerprint density at radius 2 is 2.20 bits per heavy atom. The second kappa shape index (κ2) is 7.50. The van der Waals surface area contributed by atoms with Crippen LogP contribution in [0.3, 0.4) is 0 Å². The molecule has 8 heteroatoms. The number of carbonyl (C=O) groups is 1.